The molecule has 4 rings (SSSR count). The molecule has 0 radical (unpaired) electrons. The van der Waals surface area contributed by atoms with Crippen LogP contribution in [0, 0.1) is 0 Å². The fourth-order valence-corrected chi connectivity index (χ4v) is 6.74. The summed E-state index contributed by atoms with van der Waals surface area (Å²) in [5.41, 5.74) is 3.29. The summed E-state index contributed by atoms with van der Waals surface area (Å²) >= 11 is 1.51. The van der Waals surface area contributed by atoms with Crippen LogP contribution in [0.3, 0.4) is 0 Å². The smallest absolute Gasteiger partial charge is 0.412 e. The van der Waals surface area contributed by atoms with E-state index in [1.54, 1.807) is 36.4 Å². The first-order valence-corrected chi connectivity index (χ1v) is 19.1. The lowest BCUT2D eigenvalue weighted by Crippen LogP contribution is -2.27. The van der Waals surface area contributed by atoms with Crippen LogP contribution >= 0.6 is 11.8 Å². The van der Waals surface area contributed by atoms with Crippen LogP contribution in [-0.2, 0) is 0 Å². The van der Waals surface area contributed by atoms with E-state index in [0.29, 0.717) is 24.6 Å². The van der Waals surface area contributed by atoms with Gasteiger partial charge in [-0.25, -0.2) is 9.59 Å². The van der Waals surface area contributed by atoms with Crippen LogP contribution < -0.4 is 20.1 Å². The van der Waals surface area contributed by atoms with Gasteiger partial charge in [-0.05, 0) is 95.8 Å². The van der Waals surface area contributed by atoms with Crippen molar-refractivity contribution >= 4 is 23.9 Å². The lowest BCUT2D eigenvalue weighted by atomic mass is 10.0. The zero-order valence-corrected chi connectivity index (χ0v) is 30.7. The van der Waals surface area contributed by atoms with Gasteiger partial charge in [0.05, 0.1) is 0 Å². The molecule has 0 bridgehead atoms. The summed E-state index contributed by atoms with van der Waals surface area (Å²) in [5, 5.41) is 25.7. The minimum Gasteiger partial charge on any atom is -0.508 e. The maximum absolute atomic E-state index is 12.6. The van der Waals surface area contributed by atoms with E-state index in [-0.39, 0.29) is 11.5 Å². The number of hydrogen-bond donors (Lipinski definition) is 4. The molecule has 0 saturated carbocycles. The molecule has 4 aromatic rings. The Hall–Kier alpha value is -4.63. The van der Waals surface area contributed by atoms with E-state index in [9.17, 15) is 19.8 Å². The molecule has 0 aliphatic heterocycles. The van der Waals surface area contributed by atoms with Gasteiger partial charge in [0.15, 0.2) is 0 Å². The van der Waals surface area contributed by atoms with Crippen LogP contribution in [0.25, 0.3) is 22.3 Å². The van der Waals surface area contributed by atoms with E-state index in [0.717, 1.165) is 57.7 Å². The predicted octanol–water partition coefficient (Wildman–Crippen LogP) is 11.5. The quantitative estimate of drug-likeness (QED) is 0.0674. The zero-order valence-electron chi connectivity index (χ0n) is 29.9. The zero-order chi connectivity index (χ0) is 36.3. The van der Waals surface area contributed by atoms with Gasteiger partial charge in [0, 0.05) is 22.9 Å². The van der Waals surface area contributed by atoms with Gasteiger partial charge < -0.3 is 30.3 Å². The SMILES string of the molecule is CCCCCCCCNC(=O)Oc1ccc(Sc2ccc(OC(=O)NCCCCCCCC)cc2-c2ccc(O)cc2)c(-c2ccc(O)cc2)c1. The molecular formula is C42H52N2O6S. The number of amides is 2. The highest BCUT2D eigenvalue weighted by atomic mass is 32.2. The molecule has 0 fully saturated rings. The second-order valence-electron chi connectivity index (χ2n) is 12.7. The Morgan fingerprint density at radius 1 is 0.529 bits per heavy atom. The average molecular weight is 713 g/mol. The molecule has 0 saturated heterocycles. The van der Waals surface area contributed by atoms with E-state index in [1.807, 2.05) is 48.5 Å². The Morgan fingerprint density at radius 3 is 1.29 bits per heavy atom. The summed E-state index contributed by atoms with van der Waals surface area (Å²) in [7, 11) is 0. The van der Waals surface area contributed by atoms with E-state index in [1.165, 1.54) is 63.1 Å². The van der Waals surface area contributed by atoms with Crippen LogP contribution in [0.15, 0.2) is 94.7 Å². The second kappa shape index (κ2) is 21.6. The number of phenols is 2. The molecule has 0 atom stereocenters. The van der Waals surface area contributed by atoms with Crippen LogP contribution in [0.2, 0.25) is 0 Å². The number of phenolic OH excluding ortho intramolecular Hbond substituents is 2. The number of carbonyl (C=O) groups is 2. The standard InChI is InChI=1S/C42H52N2O6S/c1-3-5-7-9-11-13-27-43-41(47)49-35-23-25-39(37(29-35)31-15-19-33(45)20-16-31)51-40-26-24-36(30-38(40)32-17-21-34(46)22-18-32)50-42(48)44-28-14-12-10-8-6-4-2/h15-26,29-30,45-46H,3-14,27-28H2,1-2H3,(H,43,47)(H,44,48). The topological polar surface area (TPSA) is 117 Å². The van der Waals surface area contributed by atoms with Crippen molar-refractivity contribution in [1.82, 2.24) is 10.6 Å². The maximum atomic E-state index is 12.6. The third kappa shape index (κ3) is 13.5. The molecule has 51 heavy (non-hydrogen) atoms. The van der Waals surface area contributed by atoms with Crippen LogP contribution in [0.4, 0.5) is 9.59 Å². The van der Waals surface area contributed by atoms with Crippen molar-refractivity contribution in [3.63, 3.8) is 0 Å². The number of ether oxygens (including phenoxy) is 2. The molecule has 0 heterocycles. The number of hydrogen-bond acceptors (Lipinski definition) is 7. The van der Waals surface area contributed by atoms with Crippen molar-refractivity contribution in [2.75, 3.05) is 13.1 Å². The molecule has 0 spiro atoms. The molecule has 0 aliphatic rings. The number of carbonyl (C=O) groups excluding carboxylic acids is 2. The van der Waals surface area contributed by atoms with Crippen molar-refractivity contribution < 1.29 is 29.3 Å². The highest BCUT2D eigenvalue weighted by molar-refractivity contribution is 7.99. The van der Waals surface area contributed by atoms with E-state index >= 15 is 0 Å². The third-order valence-electron chi connectivity index (χ3n) is 8.50. The highest BCUT2D eigenvalue weighted by Crippen LogP contribution is 2.43. The Labute approximate surface area is 307 Å². The van der Waals surface area contributed by atoms with Crippen molar-refractivity contribution in [2.45, 2.75) is 101 Å². The molecule has 0 unspecified atom stereocenters. The normalized spacial score (nSPS) is 10.9. The first-order chi connectivity index (χ1) is 24.9. The average Bonchev–Trinajstić information content (AvgIpc) is 3.13. The second-order valence-corrected chi connectivity index (χ2v) is 13.8. The van der Waals surface area contributed by atoms with Crippen molar-refractivity contribution in [3.05, 3.63) is 84.9 Å². The van der Waals surface area contributed by atoms with Crippen molar-refractivity contribution in [3.8, 4) is 45.3 Å². The summed E-state index contributed by atoms with van der Waals surface area (Å²) in [6, 6.07) is 24.8. The minimum absolute atomic E-state index is 0.149. The molecule has 2 amide bonds. The van der Waals surface area contributed by atoms with Crippen LogP contribution in [-0.4, -0.2) is 35.5 Å². The van der Waals surface area contributed by atoms with Gasteiger partial charge in [-0.15, -0.1) is 0 Å². The Kier molecular flexibility index (Phi) is 16.6. The number of benzene rings is 4. The molecule has 0 aliphatic carbocycles. The van der Waals surface area contributed by atoms with Gasteiger partial charge in [0.25, 0.3) is 0 Å². The fraction of sp³-hybridized carbons (Fsp3) is 0.381. The number of aromatic hydroxyl groups is 2. The number of rotatable bonds is 20. The first-order valence-electron chi connectivity index (χ1n) is 18.3. The van der Waals surface area contributed by atoms with Gasteiger partial charge in [0.2, 0.25) is 0 Å². The van der Waals surface area contributed by atoms with Gasteiger partial charge in [0.1, 0.15) is 23.0 Å². The molecular weight excluding hydrogens is 661 g/mol. The van der Waals surface area contributed by atoms with Crippen molar-refractivity contribution in [2.24, 2.45) is 0 Å². The summed E-state index contributed by atoms with van der Waals surface area (Å²) in [5.74, 6) is 1.10. The Bertz CT molecular complexity index is 1540. The molecule has 272 valence electrons. The Balaban J connectivity index is 1.51. The third-order valence-corrected chi connectivity index (χ3v) is 9.65. The molecule has 9 heteroatoms. The van der Waals surface area contributed by atoms with E-state index < -0.39 is 12.2 Å². The molecule has 4 N–H and O–H groups in total. The van der Waals surface area contributed by atoms with Crippen LogP contribution in [0.5, 0.6) is 23.0 Å². The van der Waals surface area contributed by atoms with Gasteiger partial charge >= 0.3 is 12.2 Å². The highest BCUT2D eigenvalue weighted by Gasteiger charge is 2.16. The minimum atomic E-state index is -0.498. The van der Waals surface area contributed by atoms with Gasteiger partial charge in [-0.3, -0.25) is 0 Å². The number of unbranched alkanes of at least 4 members (excludes halogenated alkanes) is 10. The molecule has 0 aromatic heterocycles. The van der Waals surface area contributed by atoms with Crippen molar-refractivity contribution in [1.29, 1.82) is 0 Å². The van der Waals surface area contributed by atoms with Crippen LogP contribution in [0.1, 0.15) is 90.9 Å². The lowest BCUT2D eigenvalue weighted by molar-refractivity contribution is 0.199. The summed E-state index contributed by atoms with van der Waals surface area (Å²) < 4.78 is 11.4. The van der Waals surface area contributed by atoms with E-state index in [2.05, 4.69) is 24.5 Å². The van der Waals surface area contributed by atoms with E-state index in [4.69, 9.17) is 9.47 Å². The largest absolute Gasteiger partial charge is 0.508 e. The summed E-state index contributed by atoms with van der Waals surface area (Å²) in [6.07, 6.45) is 12.6. The molecule has 4 aromatic carbocycles. The molecule has 8 nitrogen and oxygen atoms in total. The maximum Gasteiger partial charge on any atom is 0.412 e. The predicted molar refractivity (Wildman–Crippen MR) is 206 cm³/mol. The number of nitrogens with one attached hydrogen (secondary N) is 2. The monoisotopic (exact) mass is 712 g/mol. The first kappa shape index (κ1) is 39.2. The Morgan fingerprint density at radius 2 is 0.902 bits per heavy atom. The summed E-state index contributed by atoms with van der Waals surface area (Å²) in [4.78, 5) is 27.0. The van der Waals surface area contributed by atoms with Gasteiger partial charge in [-0.1, -0.05) is 114 Å². The fourth-order valence-electron chi connectivity index (χ4n) is 5.65. The summed E-state index contributed by atoms with van der Waals surface area (Å²) in [6.45, 7) is 5.51. The lowest BCUT2D eigenvalue weighted by Gasteiger charge is -2.16. The van der Waals surface area contributed by atoms with Gasteiger partial charge in [-0.2, -0.15) is 0 Å².